The summed E-state index contributed by atoms with van der Waals surface area (Å²) >= 11 is 0. The van der Waals surface area contributed by atoms with Gasteiger partial charge in [-0.25, -0.2) is 4.57 Å². The maximum atomic E-state index is 2.45. The molecule has 1 unspecified atom stereocenters. The van der Waals surface area contributed by atoms with Crippen LogP contribution < -0.4 is 4.90 Å². The Morgan fingerprint density at radius 2 is 1.21 bits per heavy atom. The minimum absolute atomic E-state index is 0. The van der Waals surface area contributed by atoms with Crippen LogP contribution in [0.25, 0.3) is 5.69 Å². The normalized spacial score (nSPS) is 13.9. The summed E-state index contributed by atoms with van der Waals surface area (Å²) < 4.78 is 4.61. The van der Waals surface area contributed by atoms with Crippen LogP contribution in [-0.4, -0.2) is 50.6 Å². The quantitative estimate of drug-likeness (QED) is 0.142. The van der Waals surface area contributed by atoms with Crippen LogP contribution in [0.3, 0.4) is 0 Å². The predicted octanol–water partition coefficient (Wildman–Crippen LogP) is 12.0. The third-order valence-corrected chi connectivity index (χ3v) is 15.0. The molecule has 2 atom stereocenters. The molecule has 4 nitrogen and oxygen atoms in total. The maximum absolute atomic E-state index is 2.45. The summed E-state index contributed by atoms with van der Waals surface area (Å²) in [5.41, 5.74) is 10.8. The molecular weight excluding hydrogens is 681 g/mol. The summed E-state index contributed by atoms with van der Waals surface area (Å²) in [5, 5.41) is 0.863. The topological polar surface area (TPSA) is 16.3 Å². The number of aromatic nitrogens is 2. The van der Waals surface area contributed by atoms with Crippen LogP contribution in [-0.2, 0) is 22.8 Å². The first-order chi connectivity index (χ1) is 20.8. The number of halogens is 1. The van der Waals surface area contributed by atoms with Crippen LogP contribution in [0.2, 0.25) is 0 Å². The second-order valence-electron chi connectivity index (χ2n) is 15.2. The molecule has 0 amide bonds. The Morgan fingerprint density at radius 3 is 1.64 bits per heavy atom. The van der Waals surface area contributed by atoms with Gasteiger partial charge >= 0.3 is 0 Å². The molecule has 0 saturated carbocycles. The summed E-state index contributed by atoms with van der Waals surface area (Å²) in [6.45, 7) is 37.3. The Labute approximate surface area is 308 Å². The van der Waals surface area contributed by atoms with E-state index in [0.717, 1.165) is 13.0 Å². The zero-order valence-electron chi connectivity index (χ0n) is 32.5. The third kappa shape index (κ3) is 13.8. The number of rotatable bonds is 6. The van der Waals surface area contributed by atoms with E-state index in [0.29, 0.717) is 10.3 Å². The van der Waals surface area contributed by atoms with Gasteiger partial charge in [0.05, 0.1) is 11.8 Å². The number of aryl methyl sites for hydroxylation is 6. The average Bonchev–Trinajstić information content (AvgIpc) is 3.52. The van der Waals surface area contributed by atoms with Gasteiger partial charge in [0.2, 0.25) is 0 Å². The monoisotopic (exact) mass is 746 g/mol. The predicted molar refractivity (Wildman–Crippen MR) is 216 cm³/mol. The average molecular weight is 748 g/mol. The van der Waals surface area contributed by atoms with Crippen molar-refractivity contribution < 1.29 is 16.5 Å². The summed E-state index contributed by atoms with van der Waals surface area (Å²) in [4.78, 5) is 4.84. The van der Waals surface area contributed by atoms with Crippen LogP contribution in [0.4, 0.5) is 5.69 Å². The molecule has 268 valence electrons. The Balaban J connectivity index is 0.000000799. The van der Waals surface area contributed by atoms with Gasteiger partial charge in [-0.3, -0.25) is 0 Å². The zero-order valence-corrected chi connectivity index (χ0v) is 36.2. The van der Waals surface area contributed by atoms with Crippen molar-refractivity contribution in [1.82, 2.24) is 14.0 Å². The first-order valence-electron chi connectivity index (χ1n) is 16.7. The van der Waals surface area contributed by atoms with Crippen molar-refractivity contribution in [3.05, 3.63) is 88.8 Å². The molecule has 0 fully saturated rings. The molecule has 4 rings (SSSR count). The van der Waals surface area contributed by atoms with Crippen LogP contribution in [0.1, 0.15) is 95.2 Å². The summed E-state index contributed by atoms with van der Waals surface area (Å²) in [7, 11) is -0.396. The van der Waals surface area contributed by atoms with Crippen LogP contribution in [0.5, 0.6) is 0 Å². The molecule has 2 heterocycles. The van der Waals surface area contributed by atoms with Crippen molar-refractivity contribution in [2.24, 2.45) is 0 Å². The van der Waals surface area contributed by atoms with Crippen LogP contribution in [0.15, 0.2) is 55.4 Å². The van der Waals surface area contributed by atoms with Crippen molar-refractivity contribution in [2.45, 2.75) is 120 Å². The zero-order chi connectivity index (χ0) is 34.3. The molecule has 8 heteroatoms. The Bertz CT molecular complexity index is 1380. The first kappa shape index (κ1) is 45.6. The molecule has 0 radical (unpaired) electrons. The molecule has 2 aromatic carbocycles. The number of nitrogens with zero attached hydrogens (tertiary/aromatic N) is 4. The van der Waals surface area contributed by atoms with E-state index < -0.39 is 7.92 Å². The fourth-order valence-corrected chi connectivity index (χ4v) is 7.88. The molecule has 0 bridgehead atoms. The van der Waals surface area contributed by atoms with Gasteiger partial charge in [0.1, 0.15) is 18.1 Å². The molecule has 0 aliphatic carbocycles. The molecule has 0 N–H and O–H groups in total. The number of imidazole rings is 1. The van der Waals surface area contributed by atoms with Gasteiger partial charge in [-0.15, -0.1) is 12.4 Å². The minimum atomic E-state index is -0.403. The Kier molecular flexibility index (Phi) is 19.2. The van der Waals surface area contributed by atoms with E-state index in [1.54, 1.807) is 0 Å². The van der Waals surface area contributed by atoms with E-state index in [1.807, 2.05) is 0 Å². The summed E-state index contributed by atoms with van der Waals surface area (Å²) in [6, 6.07) is 9.08. The number of hydrogen-bond acceptors (Lipinski definition) is 2. The molecule has 1 aliphatic heterocycles. The fraction of sp³-hybridized carbons (Fsp3) is 0.564. The Hall–Kier alpha value is -1.37. The van der Waals surface area contributed by atoms with Crippen molar-refractivity contribution in [1.29, 1.82) is 0 Å². The van der Waals surface area contributed by atoms with Gasteiger partial charge in [0, 0.05) is 66.6 Å². The first-order valence-corrected chi connectivity index (χ1v) is 20.9. The minimum Gasteiger partial charge on any atom is -0.354 e. The third-order valence-electron chi connectivity index (χ3n) is 8.54. The fourth-order valence-electron chi connectivity index (χ4n) is 5.52. The van der Waals surface area contributed by atoms with Gasteiger partial charge in [-0.05, 0) is 103 Å². The number of hydrogen-bond donors (Lipinski definition) is 0. The van der Waals surface area contributed by atoms with Crippen molar-refractivity contribution in [2.75, 3.05) is 31.2 Å². The summed E-state index contributed by atoms with van der Waals surface area (Å²) in [6.07, 6.45) is 14.7. The summed E-state index contributed by atoms with van der Waals surface area (Å²) in [5.74, 6) is 0. The second-order valence-corrected chi connectivity index (χ2v) is 21.6. The van der Waals surface area contributed by atoms with Crippen LogP contribution in [0, 0.1) is 41.5 Å². The molecule has 3 aromatic rings. The van der Waals surface area contributed by atoms with E-state index in [-0.39, 0.29) is 36.8 Å². The van der Waals surface area contributed by atoms with Gasteiger partial charge in [0.25, 0.3) is 0 Å². The SMILES string of the molecule is CCC.Cc1cc(C)c(-n2ccn(C[PH+](C)C(C)(C)C)[cH+]2)c(C)c1.Cc1cc(C)c(N2C=CN(C[P@@](C)C(C)(C)C)C2)c(C)c1.Cl.[Ni]. The van der Waals surface area contributed by atoms with Crippen LogP contribution >= 0.6 is 28.3 Å². The van der Waals surface area contributed by atoms with Gasteiger partial charge < -0.3 is 9.80 Å². The van der Waals surface area contributed by atoms with Gasteiger partial charge in [0.15, 0.2) is 12.6 Å². The van der Waals surface area contributed by atoms with Crippen molar-refractivity contribution in [3.63, 3.8) is 0 Å². The van der Waals surface area contributed by atoms with Crippen molar-refractivity contribution >= 4 is 33.9 Å². The standard InChI is InChI=1S/C18H29N2P.C18H28N2P.C3H8.ClH.Ni/c2*1-14-10-15(2)17(16(3)11-14)20-9-8-19(12-20)13-21(7)18(4,5)6;1-3-2;;/h8-11H,12-13H2,1-7H3;8-12H,13H2,1-7H3;3H2,1-2H3;1H;/q;+1;;;/p+1/t21-;;;;/m1..../s1. The van der Waals surface area contributed by atoms with Gasteiger partial charge in [-0.1, -0.05) is 66.7 Å². The Morgan fingerprint density at radius 1 is 0.766 bits per heavy atom. The largest absolute Gasteiger partial charge is 0.354 e. The van der Waals surface area contributed by atoms with E-state index in [1.165, 1.54) is 57.5 Å². The molecule has 1 aromatic heterocycles. The van der Waals surface area contributed by atoms with E-state index in [2.05, 4.69) is 185 Å². The maximum Gasteiger partial charge on any atom is 0.169 e. The smallest absolute Gasteiger partial charge is 0.169 e. The number of benzene rings is 2. The van der Waals surface area contributed by atoms with E-state index in [4.69, 9.17) is 0 Å². The molecule has 1 aliphatic rings. The van der Waals surface area contributed by atoms with Crippen molar-refractivity contribution in [3.8, 4) is 5.69 Å². The number of anilines is 1. The van der Waals surface area contributed by atoms with E-state index >= 15 is 0 Å². The molecule has 0 saturated heterocycles. The second kappa shape index (κ2) is 19.7. The molecule has 0 spiro atoms. The van der Waals surface area contributed by atoms with E-state index in [9.17, 15) is 0 Å². The van der Waals surface area contributed by atoms with Gasteiger partial charge in [-0.2, -0.15) is 4.57 Å². The molecular formula is C39H67ClN4NiP2+2. The molecule has 47 heavy (non-hydrogen) atoms.